The van der Waals surface area contributed by atoms with Crippen molar-refractivity contribution < 1.29 is 19.0 Å². The van der Waals surface area contributed by atoms with Gasteiger partial charge in [0.1, 0.15) is 10.8 Å². The third-order valence-electron chi connectivity index (χ3n) is 4.04. The zero-order valence-electron chi connectivity index (χ0n) is 11.9. The molecule has 22 heavy (non-hydrogen) atoms. The fraction of sp³-hybridized carbons (Fsp3) is 0.375. The molecule has 0 unspecified atom stereocenters. The van der Waals surface area contributed by atoms with Gasteiger partial charge in [-0.15, -0.1) is 11.3 Å². The monoisotopic (exact) mass is 321 g/mol. The Morgan fingerprint density at radius 2 is 2.00 bits per heavy atom. The molecule has 0 bridgehead atoms. The molecule has 4 nitrogen and oxygen atoms in total. The number of hydrogen-bond acceptors (Lipinski definition) is 4. The number of thiazole rings is 1. The van der Waals surface area contributed by atoms with Gasteiger partial charge in [-0.1, -0.05) is 12.1 Å². The first-order chi connectivity index (χ1) is 10.6. The molecule has 1 saturated heterocycles. The van der Waals surface area contributed by atoms with Crippen LogP contribution in [-0.4, -0.2) is 29.3 Å². The van der Waals surface area contributed by atoms with E-state index in [2.05, 4.69) is 4.98 Å². The van der Waals surface area contributed by atoms with Crippen LogP contribution in [0.5, 0.6) is 0 Å². The molecular weight excluding hydrogens is 305 g/mol. The molecule has 1 fully saturated rings. The van der Waals surface area contributed by atoms with Crippen LogP contribution in [0, 0.1) is 5.82 Å². The Balaban J connectivity index is 2.00. The number of carboxylic acid groups (broad SMARTS) is 1. The van der Waals surface area contributed by atoms with Crippen molar-refractivity contribution in [3.05, 3.63) is 51.7 Å². The molecule has 3 rings (SSSR count). The average Bonchev–Trinajstić information content (AvgIpc) is 2.97. The average molecular weight is 321 g/mol. The normalized spacial score (nSPS) is 17.3. The van der Waals surface area contributed by atoms with Crippen molar-refractivity contribution in [1.82, 2.24) is 4.98 Å². The first-order valence-electron chi connectivity index (χ1n) is 7.11. The minimum Gasteiger partial charge on any atom is -0.481 e. The Kier molecular flexibility index (Phi) is 4.22. The summed E-state index contributed by atoms with van der Waals surface area (Å²) in [6.45, 7) is 1.23. The van der Waals surface area contributed by atoms with E-state index < -0.39 is 5.97 Å². The van der Waals surface area contributed by atoms with E-state index in [-0.39, 0.29) is 17.7 Å². The number of hydrogen-bond donors (Lipinski definition) is 1. The predicted molar refractivity (Wildman–Crippen MR) is 80.7 cm³/mol. The van der Waals surface area contributed by atoms with Gasteiger partial charge in [0.05, 0.1) is 17.5 Å². The van der Waals surface area contributed by atoms with Gasteiger partial charge >= 0.3 is 5.97 Å². The van der Waals surface area contributed by atoms with Crippen LogP contribution in [0.4, 0.5) is 4.39 Å². The van der Waals surface area contributed by atoms with Gasteiger partial charge in [0.15, 0.2) is 0 Å². The maximum atomic E-state index is 13.2. The van der Waals surface area contributed by atoms with Crippen LogP contribution in [0.25, 0.3) is 0 Å². The fourth-order valence-electron chi connectivity index (χ4n) is 2.88. The quantitative estimate of drug-likeness (QED) is 0.940. The van der Waals surface area contributed by atoms with Gasteiger partial charge in [-0.2, -0.15) is 0 Å². The SMILES string of the molecule is O=C(O)Cc1csc(C2(c3ccc(F)cc3)CCOCC2)n1. The summed E-state index contributed by atoms with van der Waals surface area (Å²) in [6, 6.07) is 6.49. The lowest BCUT2D eigenvalue weighted by atomic mass is 9.74. The minimum atomic E-state index is -0.889. The number of carbonyl (C=O) groups is 1. The van der Waals surface area contributed by atoms with Crippen molar-refractivity contribution in [2.24, 2.45) is 0 Å². The second-order valence-electron chi connectivity index (χ2n) is 5.42. The van der Waals surface area contributed by atoms with Crippen LogP contribution < -0.4 is 0 Å². The van der Waals surface area contributed by atoms with Gasteiger partial charge in [-0.25, -0.2) is 9.37 Å². The molecule has 1 aromatic carbocycles. The number of benzene rings is 1. The molecule has 2 heterocycles. The van der Waals surface area contributed by atoms with Crippen molar-refractivity contribution in [2.75, 3.05) is 13.2 Å². The number of ether oxygens (including phenoxy) is 1. The van der Waals surface area contributed by atoms with Crippen LogP contribution in [-0.2, 0) is 21.4 Å². The number of halogens is 1. The minimum absolute atomic E-state index is 0.0769. The third kappa shape index (κ3) is 2.89. The first-order valence-corrected chi connectivity index (χ1v) is 7.99. The maximum Gasteiger partial charge on any atom is 0.309 e. The van der Waals surface area contributed by atoms with Gasteiger partial charge in [-0.05, 0) is 30.5 Å². The number of aromatic nitrogens is 1. The molecule has 0 aliphatic carbocycles. The Morgan fingerprint density at radius 1 is 1.32 bits per heavy atom. The van der Waals surface area contributed by atoms with Crippen LogP contribution in [0.1, 0.15) is 29.1 Å². The zero-order valence-corrected chi connectivity index (χ0v) is 12.7. The van der Waals surface area contributed by atoms with Crippen LogP contribution in [0.15, 0.2) is 29.6 Å². The Hall–Kier alpha value is -1.79. The van der Waals surface area contributed by atoms with E-state index in [1.807, 2.05) is 0 Å². The summed E-state index contributed by atoms with van der Waals surface area (Å²) in [5.74, 6) is -1.16. The van der Waals surface area contributed by atoms with E-state index in [9.17, 15) is 9.18 Å². The second kappa shape index (κ2) is 6.14. The summed E-state index contributed by atoms with van der Waals surface area (Å²) >= 11 is 1.47. The van der Waals surface area contributed by atoms with Gasteiger partial charge in [0.25, 0.3) is 0 Å². The fourth-order valence-corrected chi connectivity index (χ4v) is 3.98. The summed E-state index contributed by atoms with van der Waals surface area (Å²) in [4.78, 5) is 15.4. The molecule has 0 spiro atoms. The second-order valence-corrected chi connectivity index (χ2v) is 6.27. The number of rotatable bonds is 4. The molecule has 2 aromatic rings. The van der Waals surface area contributed by atoms with Crippen molar-refractivity contribution in [3.8, 4) is 0 Å². The molecule has 6 heteroatoms. The van der Waals surface area contributed by atoms with Crippen LogP contribution >= 0.6 is 11.3 Å². The highest BCUT2D eigenvalue weighted by Crippen LogP contribution is 2.42. The molecule has 0 radical (unpaired) electrons. The molecule has 116 valence electrons. The summed E-state index contributed by atoms with van der Waals surface area (Å²) < 4.78 is 18.7. The van der Waals surface area contributed by atoms with E-state index in [1.165, 1.54) is 23.5 Å². The number of carboxylic acids is 1. The Morgan fingerprint density at radius 3 is 2.64 bits per heavy atom. The lowest BCUT2D eigenvalue weighted by molar-refractivity contribution is -0.136. The molecule has 1 aliphatic rings. The molecule has 1 N–H and O–H groups in total. The van der Waals surface area contributed by atoms with Gasteiger partial charge in [0, 0.05) is 18.6 Å². The van der Waals surface area contributed by atoms with Crippen molar-refractivity contribution >= 4 is 17.3 Å². The summed E-state index contributed by atoms with van der Waals surface area (Å²) in [5, 5.41) is 11.6. The van der Waals surface area contributed by atoms with Gasteiger partial charge in [-0.3, -0.25) is 4.79 Å². The smallest absolute Gasteiger partial charge is 0.309 e. The van der Waals surface area contributed by atoms with Crippen molar-refractivity contribution in [3.63, 3.8) is 0 Å². The Labute approximate surface area is 131 Å². The van der Waals surface area contributed by atoms with Crippen LogP contribution in [0.3, 0.4) is 0 Å². The lowest BCUT2D eigenvalue weighted by Gasteiger charge is -2.36. The number of nitrogens with zero attached hydrogens (tertiary/aromatic N) is 1. The summed E-state index contributed by atoms with van der Waals surface area (Å²) in [7, 11) is 0. The summed E-state index contributed by atoms with van der Waals surface area (Å²) in [6.07, 6.45) is 1.45. The third-order valence-corrected chi connectivity index (χ3v) is 5.13. The first kappa shape index (κ1) is 15.1. The van der Waals surface area contributed by atoms with E-state index in [0.717, 1.165) is 23.4 Å². The largest absolute Gasteiger partial charge is 0.481 e. The highest BCUT2D eigenvalue weighted by Gasteiger charge is 2.39. The van der Waals surface area contributed by atoms with Gasteiger partial charge < -0.3 is 9.84 Å². The molecule has 0 atom stereocenters. The zero-order chi connectivity index (χ0) is 15.6. The molecule has 0 saturated carbocycles. The van der Waals surface area contributed by atoms with E-state index in [1.54, 1.807) is 17.5 Å². The lowest BCUT2D eigenvalue weighted by Crippen LogP contribution is -2.35. The molecular formula is C16H16FNO3S. The van der Waals surface area contributed by atoms with E-state index >= 15 is 0 Å². The predicted octanol–water partition coefficient (Wildman–Crippen LogP) is 3.01. The molecule has 1 aliphatic heterocycles. The van der Waals surface area contributed by atoms with Crippen molar-refractivity contribution in [2.45, 2.75) is 24.7 Å². The topological polar surface area (TPSA) is 59.4 Å². The van der Waals surface area contributed by atoms with Crippen LogP contribution in [0.2, 0.25) is 0 Å². The molecule has 1 aromatic heterocycles. The van der Waals surface area contributed by atoms with E-state index in [4.69, 9.17) is 9.84 Å². The number of aliphatic carboxylic acids is 1. The maximum absolute atomic E-state index is 13.2. The Bertz CT molecular complexity index is 662. The van der Waals surface area contributed by atoms with Crippen molar-refractivity contribution in [1.29, 1.82) is 0 Å². The van der Waals surface area contributed by atoms with Gasteiger partial charge in [0.2, 0.25) is 0 Å². The molecule has 0 amide bonds. The highest BCUT2D eigenvalue weighted by molar-refractivity contribution is 7.09. The standard InChI is InChI=1S/C16H16FNO3S/c17-12-3-1-11(2-4-12)16(5-7-21-8-6-16)15-18-13(10-22-15)9-14(19)20/h1-4,10H,5-9H2,(H,19,20). The summed E-state index contributed by atoms with van der Waals surface area (Å²) in [5.41, 5.74) is 1.27. The highest BCUT2D eigenvalue weighted by atomic mass is 32.1. The van der Waals surface area contributed by atoms with E-state index in [0.29, 0.717) is 18.9 Å².